The van der Waals surface area contributed by atoms with E-state index in [1.165, 1.54) is 12.1 Å². The number of hydrogen-bond acceptors (Lipinski definition) is 2. The highest BCUT2D eigenvalue weighted by atomic mass is 19.1. The van der Waals surface area contributed by atoms with E-state index in [0.29, 0.717) is 0 Å². The first kappa shape index (κ1) is 17.4. The summed E-state index contributed by atoms with van der Waals surface area (Å²) in [5, 5.41) is 4.69. The van der Waals surface area contributed by atoms with Gasteiger partial charge in [0, 0.05) is 17.8 Å². The topological polar surface area (TPSA) is 35.6 Å². The molecule has 2 heterocycles. The molecule has 0 saturated heterocycles. The van der Waals surface area contributed by atoms with Gasteiger partial charge in [0.1, 0.15) is 5.82 Å². The maximum absolute atomic E-state index is 13.3. The molecule has 5 heteroatoms. The summed E-state index contributed by atoms with van der Waals surface area (Å²) in [6, 6.07) is 6.86. The monoisotopic (exact) mass is 340 g/mol. The zero-order valence-corrected chi connectivity index (χ0v) is 15.3. The van der Waals surface area contributed by atoms with Crippen molar-refractivity contribution in [1.29, 1.82) is 0 Å². The molecule has 0 saturated carbocycles. The molecule has 0 fully saturated rings. The summed E-state index contributed by atoms with van der Waals surface area (Å²) < 4.78 is 17.5. The van der Waals surface area contributed by atoms with E-state index in [2.05, 4.69) is 35.0 Å². The first-order chi connectivity index (χ1) is 12.1. The Labute approximate surface area is 148 Å². The Bertz CT molecular complexity index is 845. The fourth-order valence-corrected chi connectivity index (χ4v) is 3.52. The summed E-state index contributed by atoms with van der Waals surface area (Å²) in [6.07, 6.45) is 5.71. The summed E-state index contributed by atoms with van der Waals surface area (Å²) in [5.74, 6) is -0.211. The van der Waals surface area contributed by atoms with Gasteiger partial charge in [-0.2, -0.15) is 5.10 Å². The average molecular weight is 340 g/mol. The molecule has 0 aliphatic carbocycles. The van der Waals surface area contributed by atoms with E-state index in [1.807, 2.05) is 31.6 Å². The van der Waals surface area contributed by atoms with Gasteiger partial charge in [0.05, 0.1) is 30.0 Å². The second-order valence-electron chi connectivity index (χ2n) is 6.43. The maximum Gasteiger partial charge on any atom is 0.123 e. The third-order valence-electron chi connectivity index (χ3n) is 4.72. The summed E-state index contributed by atoms with van der Waals surface area (Å²) in [4.78, 5) is 4.40. The number of imidazole rings is 1. The molecule has 4 nitrogen and oxygen atoms in total. The van der Waals surface area contributed by atoms with Gasteiger partial charge in [-0.25, -0.2) is 9.37 Å². The number of nitrogens with zero attached hydrogens (tertiary/aromatic N) is 4. The van der Waals surface area contributed by atoms with E-state index in [4.69, 9.17) is 5.10 Å². The molecule has 0 spiro atoms. The molecule has 0 bridgehead atoms. The van der Waals surface area contributed by atoms with Crippen LogP contribution in [0.5, 0.6) is 0 Å². The van der Waals surface area contributed by atoms with E-state index in [9.17, 15) is 4.39 Å². The van der Waals surface area contributed by atoms with Crippen molar-refractivity contribution in [3.63, 3.8) is 0 Å². The molecule has 132 valence electrons. The lowest BCUT2D eigenvalue weighted by molar-refractivity contribution is 0.566. The van der Waals surface area contributed by atoms with Crippen molar-refractivity contribution in [2.24, 2.45) is 0 Å². The highest BCUT2D eigenvalue weighted by Gasteiger charge is 2.21. The lowest BCUT2D eigenvalue weighted by Gasteiger charge is -2.20. The van der Waals surface area contributed by atoms with Crippen LogP contribution < -0.4 is 0 Å². The molecule has 1 atom stereocenters. The van der Waals surface area contributed by atoms with Crippen LogP contribution in [0, 0.1) is 19.7 Å². The van der Waals surface area contributed by atoms with Crippen molar-refractivity contribution in [3.05, 3.63) is 59.6 Å². The molecule has 0 amide bonds. The molecule has 0 N–H and O–H groups in total. The lowest BCUT2D eigenvalue weighted by atomic mass is 10.0. The predicted octanol–water partition coefficient (Wildman–Crippen LogP) is 4.91. The van der Waals surface area contributed by atoms with Crippen LogP contribution in [0.3, 0.4) is 0 Å². The number of benzene rings is 1. The van der Waals surface area contributed by atoms with Crippen molar-refractivity contribution < 1.29 is 4.39 Å². The van der Waals surface area contributed by atoms with E-state index < -0.39 is 0 Å². The van der Waals surface area contributed by atoms with Gasteiger partial charge in [-0.3, -0.25) is 4.68 Å². The zero-order chi connectivity index (χ0) is 18.0. The van der Waals surface area contributed by atoms with Gasteiger partial charge < -0.3 is 4.57 Å². The molecule has 3 aromatic rings. The molecule has 0 radical (unpaired) electrons. The number of hydrogen-bond donors (Lipinski definition) is 0. The van der Waals surface area contributed by atoms with Crippen LogP contribution in [0.25, 0.3) is 11.3 Å². The van der Waals surface area contributed by atoms with Crippen LogP contribution in [-0.4, -0.2) is 19.3 Å². The van der Waals surface area contributed by atoms with Crippen molar-refractivity contribution in [3.8, 4) is 11.3 Å². The van der Waals surface area contributed by atoms with Gasteiger partial charge >= 0.3 is 0 Å². The van der Waals surface area contributed by atoms with Crippen LogP contribution in [0.15, 0.2) is 36.8 Å². The molecule has 25 heavy (non-hydrogen) atoms. The van der Waals surface area contributed by atoms with Gasteiger partial charge in [-0.1, -0.05) is 26.0 Å². The SMILES string of the molecule is CCCn1nc(C)c(-c2cncn2C(CC)c2ccc(F)cc2)c1C. The molecular weight excluding hydrogens is 315 g/mol. The van der Waals surface area contributed by atoms with Gasteiger partial charge in [0.2, 0.25) is 0 Å². The minimum atomic E-state index is -0.211. The Morgan fingerprint density at radius 2 is 1.84 bits per heavy atom. The van der Waals surface area contributed by atoms with Crippen molar-refractivity contribution >= 4 is 0 Å². The number of rotatable bonds is 6. The van der Waals surface area contributed by atoms with Crippen LogP contribution in [-0.2, 0) is 6.54 Å². The fraction of sp³-hybridized carbons (Fsp3) is 0.400. The van der Waals surface area contributed by atoms with E-state index in [1.54, 1.807) is 0 Å². The number of halogens is 1. The van der Waals surface area contributed by atoms with Crippen LogP contribution in [0.4, 0.5) is 4.39 Å². The Balaban J connectivity index is 2.07. The zero-order valence-electron chi connectivity index (χ0n) is 15.3. The van der Waals surface area contributed by atoms with Crippen molar-refractivity contribution in [1.82, 2.24) is 19.3 Å². The highest BCUT2D eigenvalue weighted by molar-refractivity contribution is 5.65. The van der Waals surface area contributed by atoms with Gasteiger partial charge in [-0.15, -0.1) is 0 Å². The summed E-state index contributed by atoms with van der Waals surface area (Å²) in [5.41, 5.74) is 5.47. The molecule has 2 aromatic heterocycles. The average Bonchev–Trinajstić information content (AvgIpc) is 3.15. The van der Waals surface area contributed by atoms with Crippen molar-refractivity contribution in [2.45, 2.75) is 53.1 Å². The predicted molar refractivity (Wildman–Crippen MR) is 98.0 cm³/mol. The molecule has 0 aliphatic heterocycles. The van der Waals surface area contributed by atoms with Crippen LogP contribution in [0.1, 0.15) is 49.7 Å². The first-order valence-electron chi connectivity index (χ1n) is 8.88. The lowest BCUT2D eigenvalue weighted by Crippen LogP contribution is -2.10. The quantitative estimate of drug-likeness (QED) is 0.639. The Kier molecular flexibility index (Phi) is 5.02. The minimum absolute atomic E-state index is 0.117. The Morgan fingerprint density at radius 3 is 2.48 bits per heavy atom. The standard InChI is InChI=1S/C20H25FN4/c1-5-11-25-15(4)20(14(3)23-25)19-12-22-13-24(19)18(6-2)16-7-9-17(21)10-8-16/h7-10,12-13,18H,5-6,11H2,1-4H3. The van der Waals surface area contributed by atoms with E-state index >= 15 is 0 Å². The second-order valence-corrected chi connectivity index (χ2v) is 6.43. The van der Waals surface area contributed by atoms with E-state index in [0.717, 1.165) is 47.6 Å². The third kappa shape index (κ3) is 3.23. The van der Waals surface area contributed by atoms with Gasteiger partial charge in [0.25, 0.3) is 0 Å². The number of aromatic nitrogens is 4. The molecule has 1 aromatic carbocycles. The Hall–Kier alpha value is -2.43. The number of aryl methyl sites for hydroxylation is 2. The largest absolute Gasteiger partial charge is 0.323 e. The smallest absolute Gasteiger partial charge is 0.123 e. The molecule has 0 aliphatic rings. The van der Waals surface area contributed by atoms with Crippen LogP contribution in [0.2, 0.25) is 0 Å². The van der Waals surface area contributed by atoms with Crippen LogP contribution >= 0.6 is 0 Å². The normalized spacial score (nSPS) is 12.5. The van der Waals surface area contributed by atoms with E-state index in [-0.39, 0.29) is 11.9 Å². The van der Waals surface area contributed by atoms with Gasteiger partial charge in [0.15, 0.2) is 0 Å². The molecule has 1 unspecified atom stereocenters. The van der Waals surface area contributed by atoms with Gasteiger partial charge in [-0.05, 0) is 44.4 Å². The molecule has 3 rings (SSSR count). The fourth-order valence-electron chi connectivity index (χ4n) is 3.52. The summed E-state index contributed by atoms with van der Waals surface area (Å²) >= 11 is 0. The first-order valence-corrected chi connectivity index (χ1v) is 8.88. The summed E-state index contributed by atoms with van der Waals surface area (Å²) in [6.45, 7) is 9.36. The maximum atomic E-state index is 13.3. The third-order valence-corrected chi connectivity index (χ3v) is 4.72. The Morgan fingerprint density at radius 1 is 1.12 bits per heavy atom. The highest BCUT2D eigenvalue weighted by Crippen LogP contribution is 2.32. The summed E-state index contributed by atoms with van der Waals surface area (Å²) in [7, 11) is 0. The van der Waals surface area contributed by atoms with Crippen molar-refractivity contribution in [2.75, 3.05) is 0 Å². The minimum Gasteiger partial charge on any atom is -0.323 e. The second kappa shape index (κ2) is 7.21. The molecular formula is C20H25FN4.